The highest BCUT2D eigenvalue weighted by Crippen LogP contribution is 2.23. The molecule has 86 valence electrons. The van der Waals surface area contributed by atoms with Crippen molar-refractivity contribution in [1.82, 2.24) is 9.78 Å². The molecule has 0 aliphatic heterocycles. The van der Waals surface area contributed by atoms with Gasteiger partial charge in [-0.3, -0.25) is 14.9 Å². The first-order valence-corrected chi connectivity index (χ1v) is 4.95. The monoisotopic (exact) mass is 251 g/mol. The van der Waals surface area contributed by atoms with E-state index in [0.29, 0.717) is 0 Å². The molecule has 1 aromatic heterocycles. The molecule has 2 aromatic rings. The molecule has 0 bridgehead atoms. The van der Waals surface area contributed by atoms with Crippen LogP contribution in [0.25, 0.3) is 0 Å². The Hall–Kier alpha value is -2.21. The summed E-state index contributed by atoms with van der Waals surface area (Å²) in [6.07, 6.45) is 2.83. The average Bonchev–Trinajstić information content (AvgIpc) is 2.81. The van der Waals surface area contributed by atoms with Crippen LogP contribution in [0, 0.1) is 10.1 Å². The van der Waals surface area contributed by atoms with Gasteiger partial charge >= 0.3 is 0 Å². The Labute approximate surface area is 101 Å². The van der Waals surface area contributed by atoms with Crippen molar-refractivity contribution >= 4 is 23.2 Å². The number of nitrogens with zero attached hydrogens (tertiary/aromatic N) is 3. The van der Waals surface area contributed by atoms with Gasteiger partial charge in [-0.05, 0) is 18.2 Å². The lowest BCUT2D eigenvalue weighted by Crippen LogP contribution is -2.14. The molecule has 0 saturated carbocycles. The van der Waals surface area contributed by atoms with Crippen LogP contribution >= 0.6 is 11.6 Å². The van der Waals surface area contributed by atoms with E-state index in [0.717, 1.165) is 10.7 Å². The van der Waals surface area contributed by atoms with Crippen LogP contribution in [0.4, 0.5) is 5.69 Å². The summed E-state index contributed by atoms with van der Waals surface area (Å²) >= 11 is 5.65. The Morgan fingerprint density at radius 2 is 2.24 bits per heavy atom. The van der Waals surface area contributed by atoms with E-state index in [9.17, 15) is 14.9 Å². The Morgan fingerprint density at radius 1 is 1.47 bits per heavy atom. The van der Waals surface area contributed by atoms with E-state index in [1.165, 1.54) is 24.5 Å². The molecule has 7 heteroatoms. The lowest BCUT2D eigenvalue weighted by molar-refractivity contribution is -0.385. The van der Waals surface area contributed by atoms with E-state index in [2.05, 4.69) is 5.10 Å². The molecule has 0 atom stereocenters. The van der Waals surface area contributed by atoms with Crippen molar-refractivity contribution in [3.05, 3.63) is 57.4 Å². The lowest BCUT2D eigenvalue weighted by atomic mass is 10.1. The largest absolute Gasteiger partial charge is 0.285 e. The molecular formula is C10H6ClN3O3. The first-order valence-electron chi connectivity index (χ1n) is 4.58. The second kappa shape index (κ2) is 4.34. The van der Waals surface area contributed by atoms with Gasteiger partial charge in [0.1, 0.15) is 5.56 Å². The fourth-order valence-corrected chi connectivity index (χ4v) is 1.52. The first-order chi connectivity index (χ1) is 8.09. The van der Waals surface area contributed by atoms with Gasteiger partial charge in [0, 0.05) is 23.5 Å². The van der Waals surface area contributed by atoms with E-state index in [4.69, 9.17) is 11.6 Å². The van der Waals surface area contributed by atoms with Crippen LogP contribution in [0.3, 0.4) is 0 Å². The van der Waals surface area contributed by atoms with Gasteiger partial charge in [0.05, 0.1) is 4.92 Å². The number of nitro groups is 1. The highest BCUT2D eigenvalue weighted by atomic mass is 35.5. The molecule has 0 amide bonds. The summed E-state index contributed by atoms with van der Waals surface area (Å²) in [5.41, 5.74) is -0.388. The summed E-state index contributed by atoms with van der Waals surface area (Å²) in [6.45, 7) is 0. The predicted octanol–water partition coefficient (Wildman–Crippen LogP) is 2.13. The van der Waals surface area contributed by atoms with Crippen molar-refractivity contribution < 1.29 is 9.72 Å². The predicted molar refractivity (Wildman–Crippen MR) is 60.1 cm³/mol. The van der Waals surface area contributed by atoms with Crippen LogP contribution < -0.4 is 0 Å². The van der Waals surface area contributed by atoms with Gasteiger partial charge in [-0.1, -0.05) is 11.6 Å². The number of halogens is 1. The van der Waals surface area contributed by atoms with E-state index >= 15 is 0 Å². The number of nitro benzene ring substituents is 1. The molecule has 0 spiro atoms. The molecule has 2 rings (SSSR count). The molecular weight excluding hydrogens is 246 g/mol. The van der Waals surface area contributed by atoms with Crippen molar-refractivity contribution in [3.8, 4) is 0 Å². The zero-order valence-corrected chi connectivity index (χ0v) is 9.16. The van der Waals surface area contributed by atoms with E-state index in [1.54, 1.807) is 6.07 Å². The zero-order chi connectivity index (χ0) is 12.4. The Bertz CT molecular complexity index is 580. The number of benzene rings is 1. The highest BCUT2D eigenvalue weighted by molar-refractivity contribution is 6.31. The van der Waals surface area contributed by atoms with Gasteiger partial charge in [-0.15, -0.1) is 0 Å². The van der Waals surface area contributed by atoms with Crippen LogP contribution in [-0.4, -0.2) is 20.6 Å². The SMILES string of the molecule is O=C(c1ccc(Cl)cc1[N+](=O)[O-])n1cccn1. The number of hydrogen-bond acceptors (Lipinski definition) is 4. The topological polar surface area (TPSA) is 78.0 Å². The van der Waals surface area contributed by atoms with Crippen molar-refractivity contribution in [2.75, 3.05) is 0 Å². The Morgan fingerprint density at radius 3 is 2.82 bits per heavy atom. The number of hydrogen-bond donors (Lipinski definition) is 0. The fraction of sp³-hybridized carbons (Fsp3) is 0. The second-order valence-electron chi connectivity index (χ2n) is 3.17. The normalized spacial score (nSPS) is 10.2. The zero-order valence-electron chi connectivity index (χ0n) is 8.41. The van der Waals surface area contributed by atoms with Crippen molar-refractivity contribution in [2.45, 2.75) is 0 Å². The molecule has 1 heterocycles. The summed E-state index contributed by atoms with van der Waals surface area (Å²) in [7, 11) is 0. The van der Waals surface area contributed by atoms with E-state index in [1.807, 2.05) is 0 Å². The average molecular weight is 252 g/mol. The summed E-state index contributed by atoms with van der Waals surface area (Å²) in [5, 5.41) is 14.7. The molecule has 0 fully saturated rings. The maximum Gasteiger partial charge on any atom is 0.285 e. The third-order valence-electron chi connectivity index (χ3n) is 2.10. The smallest absolute Gasteiger partial charge is 0.266 e. The van der Waals surface area contributed by atoms with Gasteiger partial charge in [-0.2, -0.15) is 5.10 Å². The molecule has 17 heavy (non-hydrogen) atoms. The third kappa shape index (κ3) is 2.16. The number of rotatable bonds is 2. The quantitative estimate of drug-likeness (QED) is 0.605. The van der Waals surface area contributed by atoms with Crippen LogP contribution in [0.2, 0.25) is 5.02 Å². The van der Waals surface area contributed by atoms with Crippen molar-refractivity contribution in [2.24, 2.45) is 0 Å². The molecule has 6 nitrogen and oxygen atoms in total. The molecule has 0 radical (unpaired) electrons. The third-order valence-corrected chi connectivity index (χ3v) is 2.33. The van der Waals surface area contributed by atoms with Crippen LogP contribution in [0.1, 0.15) is 10.4 Å². The van der Waals surface area contributed by atoms with Crippen molar-refractivity contribution in [1.29, 1.82) is 0 Å². The minimum absolute atomic E-state index is 0.0527. The summed E-state index contributed by atoms with van der Waals surface area (Å²) in [5.74, 6) is -0.571. The van der Waals surface area contributed by atoms with Crippen LogP contribution in [0.15, 0.2) is 36.7 Å². The van der Waals surface area contributed by atoms with Crippen molar-refractivity contribution in [3.63, 3.8) is 0 Å². The molecule has 0 saturated heterocycles. The maximum absolute atomic E-state index is 11.9. The molecule has 0 unspecified atom stereocenters. The standard InChI is InChI=1S/C10H6ClN3O3/c11-7-2-3-8(9(6-7)14(16)17)10(15)13-5-1-4-12-13/h1-6H. The Kier molecular flexibility index (Phi) is 2.88. The minimum Gasteiger partial charge on any atom is -0.266 e. The van der Waals surface area contributed by atoms with Gasteiger partial charge in [0.15, 0.2) is 0 Å². The van der Waals surface area contributed by atoms with Crippen LogP contribution in [-0.2, 0) is 0 Å². The number of aromatic nitrogens is 2. The highest BCUT2D eigenvalue weighted by Gasteiger charge is 2.21. The molecule has 0 N–H and O–H groups in total. The maximum atomic E-state index is 11.9. The van der Waals surface area contributed by atoms with Gasteiger partial charge in [-0.25, -0.2) is 4.68 Å². The first kappa shape index (κ1) is 11.3. The van der Waals surface area contributed by atoms with Gasteiger partial charge < -0.3 is 0 Å². The number of carbonyl (C=O) groups excluding carboxylic acids is 1. The Balaban J connectivity index is 2.52. The second-order valence-corrected chi connectivity index (χ2v) is 3.61. The summed E-state index contributed by atoms with van der Waals surface area (Å²) in [4.78, 5) is 22.1. The lowest BCUT2D eigenvalue weighted by Gasteiger charge is -2.02. The fourth-order valence-electron chi connectivity index (χ4n) is 1.35. The molecule has 0 aliphatic rings. The summed E-state index contributed by atoms with van der Waals surface area (Å²) in [6, 6.07) is 5.42. The van der Waals surface area contributed by atoms with Crippen LogP contribution in [0.5, 0.6) is 0 Å². The summed E-state index contributed by atoms with van der Waals surface area (Å²) < 4.78 is 1.02. The molecule has 0 aliphatic carbocycles. The van der Waals surface area contributed by atoms with Gasteiger partial charge in [0.25, 0.3) is 11.6 Å². The van der Waals surface area contributed by atoms with Gasteiger partial charge in [0.2, 0.25) is 0 Å². The minimum atomic E-state index is -0.650. The van der Waals surface area contributed by atoms with E-state index in [-0.39, 0.29) is 16.3 Å². The number of carbonyl (C=O) groups is 1. The molecule has 1 aromatic carbocycles. The van der Waals surface area contributed by atoms with E-state index < -0.39 is 10.8 Å².